The summed E-state index contributed by atoms with van der Waals surface area (Å²) in [7, 11) is 0. The summed E-state index contributed by atoms with van der Waals surface area (Å²) in [6, 6.07) is 3.84. The van der Waals surface area contributed by atoms with Gasteiger partial charge in [0.1, 0.15) is 11.3 Å². The zero-order chi connectivity index (χ0) is 21.8. The largest absolute Gasteiger partial charge is 0.492 e. The van der Waals surface area contributed by atoms with Gasteiger partial charge in [-0.25, -0.2) is 4.79 Å². The number of pyridine rings is 1. The van der Waals surface area contributed by atoms with E-state index in [1.807, 2.05) is 30.9 Å². The van der Waals surface area contributed by atoms with Gasteiger partial charge in [-0.2, -0.15) is 0 Å². The van der Waals surface area contributed by atoms with Gasteiger partial charge in [-0.05, 0) is 50.2 Å². The van der Waals surface area contributed by atoms with E-state index in [2.05, 4.69) is 4.98 Å². The van der Waals surface area contributed by atoms with Gasteiger partial charge < -0.3 is 20.5 Å². The van der Waals surface area contributed by atoms with E-state index in [9.17, 15) is 14.7 Å². The minimum absolute atomic E-state index is 0.0309. The van der Waals surface area contributed by atoms with Crippen LogP contribution in [0.5, 0.6) is 5.75 Å². The summed E-state index contributed by atoms with van der Waals surface area (Å²) in [5.41, 5.74) is 8.54. The molecule has 1 saturated heterocycles. The highest BCUT2D eigenvalue weighted by Crippen LogP contribution is 2.37. The van der Waals surface area contributed by atoms with Crippen LogP contribution in [0.1, 0.15) is 61.1 Å². The van der Waals surface area contributed by atoms with E-state index in [-0.39, 0.29) is 17.2 Å². The number of hydrogen-bond acceptors (Lipinski definition) is 5. The standard InChI is InChI=1S/C23H31N3O4/c1-4-6-18(27)26-11-9-15(10-12-26)13-30-22-16(5-2)7-8-17-20(22)21(24)19(23(28)29)14(3)25-17/h7-8,15H,4-6,9-13H2,1-3H3,(H2,24,25)(H,28,29). The molecule has 7 heteroatoms. The zero-order valence-electron chi connectivity index (χ0n) is 18.0. The van der Waals surface area contributed by atoms with Crippen LogP contribution in [0.4, 0.5) is 5.69 Å². The number of carbonyl (C=O) groups is 2. The molecule has 1 aliphatic heterocycles. The van der Waals surface area contributed by atoms with Crippen molar-refractivity contribution in [2.75, 3.05) is 25.4 Å². The van der Waals surface area contributed by atoms with Crippen molar-refractivity contribution in [2.45, 2.75) is 52.9 Å². The molecule has 0 atom stereocenters. The number of aromatic nitrogens is 1. The van der Waals surface area contributed by atoms with Crippen molar-refractivity contribution in [1.82, 2.24) is 9.88 Å². The summed E-state index contributed by atoms with van der Waals surface area (Å²) < 4.78 is 6.26. The number of nitrogens with two attached hydrogens (primary N) is 1. The van der Waals surface area contributed by atoms with Gasteiger partial charge in [-0.3, -0.25) is 9.78 Å². The summed E-state index contributed by atoms with van der Waals surface area (Å²) >= 11 is 0. The number of carboxylic acid groups (broad SMARTS) is 1. The Morgan fingerprint density at radius 3 is 2.57 bits per heavy atom. The number of aryl methyl sites for hydroxylation is 2. The van der Waals surface area contributed by atoms with Gasteiger partial charge in [-0.1, -0.05) is 19.9 Å². The van der Waals surface area contributed by atoms with E-state index >= 15 is 0 Å². The lowest BCUT2D eigenvalue weighted by Crippen LogP contribution is -2.39. The maximum Gasteiger partial charge on any atom is 0.339 e. The summed E-state index contributed by atoms with van der Waals surface area (Å²) in [5, 5.41) is 10.1. The summed E-state index contributed by atoms with van der Waals surface area (Å²) in [6.07, 6.45) is 4.01. The van der Waals surface area contributed by atoms with Crippen LogP contribution in [-0.4, -0.2) is 46.6 Å². The Morgan fingerprint density at radius 1 is 1.27 bits per heavy atom. The third-order valence-electron chi connectivity index (χ3n) is 5.90. The molecule has 1 fully saturated rings. The Balaban J connectivity index is 1.83. The second-order valence-electron chi connectivity index (χ2n) is 7.98. The smallest absolute Gasteiger partial charge is 0.339 e. The Labute approximate surface area is 177 Å². The zero-order valence-corrected chi connectivity index (χ0v) is 18.0. The number of fused-ring (bicyclic) bond motifs is 1. The molecule has 0 radical (unpaired) electrons. The number of piperidine rings is 1. The number of nitrogen functional groups attached to an aromatic ring is 1. The van der Waals surface area contributed by atoms with Crippen molar-refractivity contribution in [3.8, 4) is 5.75 Å². The number of rotatable bonds is 7. The first-order valence-electron chi connectivity index (χ1n) is 10.7. The molecule has 162 valence electrons. The van der Waals surface area contributed by atoms with Gasteiger partial charge in [0.15, 0.2) is 0 Å². The fraction of sp³-hybridized carbons (Fsp3) is 0.522. The summed E-state index contributed by atoms with van der Waals surface area (Å²) in [5.74, 6) is 0.118. The summed E-state index contributed by atoms with van der Waals surface area (Å²) in [6.45, 7) is 7.73. The van der Waals surface area contributed by atoms with E-state index in [1.54, 1.807) is 6.92 Å². The van der Waals surface area contributed by atoms with Crippen molar-refractivity contribution in [3.63, 3.8) is 0 Å². The molecule has 0 saturated carbocycles. The number of ether oxygens (including phenoxy) is 1. The van der Waals surface area contributed by atoms with Gasteiger partial charge in [0.05, 0.1) is 28.9 Å². The molecule has 3 rings (SSSR count). The lowest BCUT2D eigenvalue weighted by Gasteiger charge is -2.32. The lowest BCUT2D eigenvalue weighted by molar-refractivity contribution is -0.132. The molecule has 2 aromatic rings. The number of carbonyl (C=O) groups excluding carboxylic acids is 1. The van der Waals surface area contributed by atoms with Crippen LogP contribution in [0.15, 0.2) is 12.1 Å². The van der Waals surface area contributed by atoms with Gasteiger partial charge in [-0.15, -0.1) is 0 Å². The quantitative estimate of drug-likeness (QED) is 0.715. The number of carboxylic acids is 1. The fourth-order valence-electron chi connectivity index (χ4n) is 4.16. The van der Waals surface area contributed by atoms with E-state index in [0.29, 0.717) is 41.3 Å². The molecular weight excluding hydrogens is 382 g/mol. The van der Waals surface area contributed by atoms with Crippen LogP contribution in [0.3, 0.4) is 0 Å². The van der Waals surface area contributed by atoms with E-state index < -0.39 is 5.97 Å². The van der Waals surface area contributed by atoms with E-state index in [4.69, 9.17) is 10.5 Å². The minimum Gasteiger partial charge on any atom is -0.492 e. The van der Waals surface area contributed by atoms with E-state index in [0.717, 1.165) is 44.3 Å². The van der Waals surface area contributed by atoms with Gasteiger partial charge in [0.2, 0.25) is 5.91 Å². The molecule has 7 nitrogen and oxygen atoms in total. The maximum absolute atomic E-state index is 12.1. The van der Waals surface area contributed by atoms with Crippen LogP contribution in [-0.2, 0) is 11.2 Å². The first kappa shape index (κ1) is 21.9. The average Bonchev–Trinajstić information content (AvgIpc) is 2.72. The van der Waals surface area contributed by atoms with Crippen molar-refractivity contribution in [3.05, 3.63) is 29.0 Å². The number of likely N-dealkylation sites (tertiary alicyclic amines) is 1. The molecule has 0 spiro atoms. The van der Waals surface area contributed by atoms with Gasteiger partial charge in [0.25, 0.3) is 0 Å². The highest BCUT2D eigenvalue weighted by molar-refractivity contribution is 6.07. The minimum atomic E-state index is -1.09. The number of nitrogens with zero attached hydrogens (tertiary/aromatic N) is 2. The molecule has 2 heterocycles. The van der Waals surface area contributed by atoms with E-state index in [1.165, 1.54) is 0 Å². The van der Waals surface area contributed by atoms with Crippen molar-refractivity contribution in [2.24, 2.45) is 5.92 Å². The molecule has 1 aromatic carbocycles. The van der Waals surface area contributed by atoms with Crippen molar-refractivity contribution in [1.29, 1.82) is 0 Å². The average molecular weight is 414 g/mol. The Kier molecular flexibility index (Phi) is 6.80. The number of benzene rings is 1. The normalized spacial score (nSPS) is 14.8. The molecule has 0 bridgehead atoms. The predicted octanol–water partition coefficient (Wildman–Crippen LogP) is 3.80. The number of amides is 1. The Hall–Kier alpha value is -2.83. The molecule has 1 aliphatic rings. The topological polar surface area (TPSA) is 106 Å². The fourth-order valence-corrected chi connectivity index (χ4v) is 4.16. The molecular formula is C23H31N3O4. The molecule has 1 amide bonds. The second-order valence-corrected chi connectivity index (χ2v) is 7.98. The van der Waals surface area contributed by atoms with Gasteiger partial charge >= 0.3 is 5.97 Å². The Morgan fingerprint density at radius 2 is 1.97 bits per heavy atom. The van der Waals surface area contributed by atoms with Crippen LogP contribution in [0.25, 0.3) is 10.9 Å². The predicted molar refractivity (Wildman–Crippen MR) is 117 cm³/mol. The second kappa shape index (κ2) is 9.32. The highest BCUT2D eigenvalue weighted by atomic mass is 16.5. The van der Waals surface area contributed by atoms with Crippen LogP contribution >= 0.6 is 0 Å². The third kappa shape index (κ3) is 4.35. The van der Waals surface area contributed by atoms with Crippen molar-refractivity contribution >= 4 is 28.5 Å². The Bertz CT molecular complexity index is 949. The number of anilines is 1. The van der Waals surface area contributed by atoms with Crippen LogP contribution in [0, 0.1) is 12.8 Å². The van der Waals surface area contributed by atoms with Crippen molar-refractivity contribution < 1.29 is 19.4 Å². The number of aromatic carboxylic acids is 1. The SMILES string of the molecule is CCCC(=O)N1CCC(COc2c(CC)ccc3nc(C)c(C(=O)O)c(N)c23)CC1. The van der Waals surface area contributed by atoms with Crippen LogP contribution < -0.4 is 10.5 Å². The maximum atomic E-state index is 12.1. The third-order valence-corrected chi connectivity index (χ3v) is 5.90. The first-order chi connectivity index (χ1) is 14.4. The lowest BCUT2D eigenvalue weighted by atomic mass is 9.97. The molecule has 3 N–H and O–H groups in total. The van der Waals surface area contributed by atoms with Crippen LogP contribution in [0.2, 0.25) is 0 Å². The first-order valence-corrected chi connectivity index (χ1v) is 10.7. The molecule has 0 aliphatic carbocycles. The number of hydrogen-bond donors (Lipinski definition) is 2. The monoisotopic (exact) mass is 413 g/mol. The van der Waals surface area contributed by atoms with Gasteiger partial charge in [0, 0.05) is 19.5 Å². The molecule has 0 unspecified atom stereocenters. The summed E-state index contributed by atoms with van der Waals surface area (Å²) in [4.78, 5) is 30.2. The molecule has 30 heavy (non-hydrogen) atoms. The highest BCUT2D eigenvalue weighted by Gasteiger charge is 2.24. The molecule has 1 aromatic heterocycles.